The molecular weight excluding hydrogens is 659 g/mol. The zero-order chi connectivity index (χ0) is 35.6. The molecular formula is C49H31N5. The van der Waals surface area contributed by atoms with Crippen molar-refractivity contribution in [3.63, 3.8) is 0 Å². The average molecular weight is 690 g/mol. The Hall–Kier alpha value is -7.37. The van der Waals surface area contributed by atoms with Gasteiger partial charge in [0.15, 0.2) is 11.6 Å². The monoisotopic (exact) mass is 689 g/mol. The van der Waals surface area contributed by atoms with Gasteiger partial charge in [0, 0.05) is 32.7 Å². The lowest BCUT2D eigenvalue weighted by molar-refractivity contribution is 0.952. The van der Waals surface area contributed by atoms with Crippen molar-refractivity contribution >= 4 is 54.4 Å². The smallest absolute Gasteiger partial charge is 0.238 e. The van der Waals surface area contributed by atoms with Crippen molar-refractivity contribution in [1.29, 1.82) is 0 Å². The van der Waals surface area contributed by atoms with E-state index in [1.165, 1.54) is 21.7 Å². The second-order valence-corrected chi connectivity index (χ2v) is 13.7. The molecule has 8 aromatic carbocycles. The molecule has 11 aromatic rings. The molecule has 0 amide bonds. The van der Waals surface area contributed by atoms with Gasteiger partial charge in [0.1, 0.15) is 0 Å². The van der Waals surface area contributed by atoms with Crippen LogP contribution in [0.3, 0.4) is 0 Å². The number of aromatic nitrogens is 5. The molecule has 54 heavy (non-hydrogen) atoms. The van der Waals surface area contributed by atoms with Crippen LogP contribution < -0.4 is 0 Å². The minimum absolute atomic E-state index is 0.573. The number of nitrogens with zero attached hydrogens (tertiary/aromatic N) is 5. The van der Waals surface area contributed by atoms with Crippen LogP contribution >= 0.6 is 0 Å². The Balaban J connectivity index is 1.20. The maximum absolute atomic E-state index is 5.36. The lowest BCUT2D eigenvalue weighted by atomic mass is 10.0. The third-order valence-corrected chi connectivity index (χ3v) is 10.6. The number of hydrogen-bond acceptors (Lipinski definition) is 3. The Morgan fingerprint density at radius 3 is 1.61 bits per heavy atom. The first-order valence-corrected chi connectivity index (χ1v) is 18.2. The second kappa shape index (κ2) is 12.1. The Labute approximate surface area is 311 Å². The Kier molecular flexibility index (Phi) is 6.79. The number of rotatable bonds is 5. The normalized spacial score (nSPS) is 11.7. The molecule has 0 radical (unpaired) electrons. The summed E-state index contributed by atoms with van der Waals surface area (Å²) in [6, 6.07) is 66.2. The third kappa shape index (κ3) is 4.76. The standard InChI is InChI=1S/C49H31N5/c1-2-14-32(15-3-1)35-28-29-40-39-20-6-10-22-42(39)53(46(40)31-35)45-25-13-9-21-41(45)48-50-47(36-27-26-33-16-4-5-17-34(33)30-36)51-49(52-48)54-43-23-11-7-18-37(43)38-19-8-12-24-44(38)54/h1-31H. The van der Waals surface area contributed by atoms with E-state index in [2.05, 4.69) is 197 Å². The molecule has 0 aliphatic rings. The first kappa shape index (κ1) is 30.3. The molecule has 5 nitrogen and oxygen atoms in total. The molecule has 0 fully saturated rings. The minimum atomic E-state index is 0.573. The Bertz CT molecular complexity index is 3170. The van der Waals surface area contributed by atoms with Gasteiger partial charge in [-0.05, 0) is 64.4 Å². The molecule has 0 saturated heterocycles. The highest BCUT2D eigenvalue weighted by atomic mass is 15.2. The minimum Gasteiger partial charge on any atom is -0.308 e. The van der Waals surface area contributed by atoms with Crippen molar-refractivity contribution in [3.8, 4) is 45.5 Å². The van der Waals surface area contributed by atoms with Gasteiger partial charge in [0.25, 0.3) is 0 Å². The summed E-state index contributed by atoms with van der Waals surface area (Å²) < 4.78 is 4.54. The van der Waals surface area contributed by atoms with E-state index in [9.17, 15) is 0 Å². The molecule has 0 aliphatic carbocycles. The van der Waals surface area contributed by atoms with E-state index in [-0.39, 0.29) is 0 Å². The summed E-state index contributed by atoms with van der Waals surface area (Å²) in [4.78, 5) is 15.9. The molecule has 0 saturated carbocycles. The van der Waals surface area contributed by atoms with Crippen molar-refractivity contribution in [2.24, 2.45) is 0 Å². The molecule has 0 spiro atoms. The van der Waals surface area contributed by atoms with Crippen LogP contribution in [0.2, 0.25) is 0 Å². The summed E-state index contributed by atoms with van der Waals surface area (Å²) in [5.41, 5.74) is 9.52. The summed E-state index contributed by atoms with van der Waals surface area (Å²) >= 11 is 0. The zero-order valence-corrected chi connectivity index (χ0v) is 29.1. The fourth-order valence-corrected chi connectivity index (χ4v) is 8.08. The van der Waals surface area contributed by atoms with Gasteiger partial charge in [-0.15, -0.1) is 0 Å². The molecule has 11 rings (SSSR count). The zero-order valence-electron chi connectivity index (χ0n) is 29.1. The Morgan fingerprint density at radius 2 is 0.870 bits per heavy atom. The van der Waals surface area contributed by atoms with Gasteiger partial charge >= 0.3 is 0 Å². The summed E-state index contributed by atoms with van der Waals surface area (Å²) in [6.07, 6.45) is 0. The third-order valence-electron chi connectivity index (χ3n) is 10.6. The molecule has 0 unspecified atom stereocenters. The molecule has 0 bridgehead atoms. The highest BCUT2D eigenvalue weighted by Crippen LogP contribution is 2.38. The van der Waals surface area contributed by atoms with Crippen LogP contribution in [0.5, 0.6) is 0 Å². The molecule has 3 aromatic heterocycles. The number of para-hydroxylation sites is 4. The van der Waals surface area contributed by atoms with Crippen LogP contribution in [0.1, 0.15) is 0 Å². The van der Waals surface area contributed by atoms with Gasteiger partial charge in [-0.3, -0.25) is 4.57 Å². The highest BCUT2D eigenvalue weighted by molar-refractivity contribution is 6.11. The van der Waals surface area contributed by atoms with Gasteiger partial charge in [0.2, 0.25) is 5.95 Å². The van der Waals surface area contributed by atoms with Gasteiger partial charge < -0.3 is 4.57 Å². The topological polar surface area (TPSA) is 48.5 Å². The van der Waals surface area contributed by atoms with Crippen LogP contribution in [-0.4, -0.2) is 24.1 Å². The van der Waals surface area contributed by atoms with E-state index >= 15 is 0 Å². The van der Waals surface area contributed by atoms with Crippen LogP contribution in [0.4, 0.5) is 0 Å². The first-order chi connectivity index (χ1) is 26.8. The van der Waals surface area contributed by atoms with Crippen molar-refractivity contribution < 1.29 is 0 Å². The first-order valence-electron chi connectivity index (χ1n) is 18.2. The predicted molar refractivity (Wildman–Crippen MR) is 222 cm³/mol. The second-order valence-electron chi connectivity index (χ2n) is 13.7. The van der Waals surface area contributed by atoms with E-state index in [1.807, 2.05) is 0 Å². The summed E-state index contributed by atoms with van der Waals surface area (Å²) in [5, 5.41) is 7.00. The molecule has 3 heterocycles. The molecule has 0 atom stereocenters. The summed E-state index contributed by atoms with van der Waals surface area (Å²) in [6.45, 7) is 0. The van der Waals surface area contributed by atoms with Crippen molar-refractivity contribution in [2.45, 2.75) is 0 Å². The van der Waals surface area contributed by atoms with E-state index < -0.39 is 0 Å². The number of benzene rings is 8. The van der Waals surface area contributed by atoms with Crippen LogP contribution in [0.15, 0.2) is 188 Å². The number of fused-ring (bicyclic) bond motifs is 7. The molecule has 5 heteroatoms. The summed E-state index contributed by atoms with van der Waals surface area (Å²) in [7, 11) is 0. The maximum atomic E-state index is 5.36. The van der Waals surface area contributed by atoms with E-state index in [4.69, 9.17) is 15.0 Å². The van der Waals surface area contributed by atoms with Crippen molar-refractivity contribution in [3.05, 3.63) is 188 Å². The highest BCUT2D eigenvalue weighted by Gasteiger charge is 2.21. The molecule has 0 N–H and O–H groups in total. The van der Waals surface area contributed by atoms with Crippen molar-refractivity contribution in [2.75, 3.05) is 0 Å². The Morgan fingerprint density at radius 1 is 0.315 bits per heavy atom. The van der Waals surface area contributed by atoms with Gasteiger partial charge in [-0.25, -0.2) is 4.98 Å². The predicted octanol–water partition coefficient (Wildman–Crippen LogP) is 12.2. The van der Waals surface area contributed by atoms with Gasteiger partial charge in [-0.2, -0.15) is 9.97 Å². The van der Waals surface area contributed by atoms with Crippen molar-refractivity contribution in [1.82, 2.24) is 24.1 Å². The quantitative estimate of drug-likeness (QED) is 0.181. The SMILES string of the molecule is c1ccc(-c2ccc3c4ccccc4n(-c4ccccc4-c4nc(-c5ccc6ccccc6c5)nc(-n5c6ccccc6c6ccccc65)n4)c3c2)cc1. The van der Waals surface area contributed by atoms with Crippen LogP contribution in [0, 0.1) is 0 Å². The van der Waals surface area contributed by atoms with Gasteiger partial charge in [-0.1, -0.05) is 146 Å². The number of hydrogen-bond donors (Lipinski definition) is 0. The lowest BCUT2D eigenvalue weighted by Crippen LogP contribution is -2.07. The maximum Gasteiger partial charge on any atom is 0.238 e. The van der Waals surface area contributed by atoms with E-state index in [1.54, 1.807) is 0 Å². The van der Waals surface area contributed by atoms with E-state index in [0.717, 1.165) is 60.6 Å². The molecule has 252 valence electrons. The lowest BCUT2D eigenvalue weighted by Gasteiger charge is -2.15. The summed E-state index contributed by atoms with van der Waals surface area (Å²) in [5.74, 6) is 1.79. The van der Waals surface area contributed by atoms with Crippen LogP contribution in [0.25, 0.3) is 99.9 Å². The fourth-order valence-electron chi connectivity index (χ4n) is 8.08. The average Bonchev–Trinajstić information content (AvgIpc) is 3.76. The van der Waals surface area contributed by atoms with Crippen LogP contribution in [-0.2, 0) is 0 Å². The van der Waals surface area contributed by atoms with E-state index in [0.29, 0.717) is 17.6 Å². The fraction of sp³-hybridized carbons (Fsp3) is 0. The molecule has 0 aliphatic heterocycles. The van der Waals surface area contributed by atoms with Gasteiger partial charge in [0.05, 0.1) is 27.8 Å². The largest absolute Gasteiger partial charge is 0.308 e.